The highest BCUT2D eigenvalue weighted by molar-refractivity contribution is 5.98. The molecule has 1 aliphatic rings. The van der Waals surface area contributed by atoms with E-state index in [1.807, 2.05) is 49.5 Å². The van der Waals surface area contributed by atoms with E-state index in [1.54, 1.807) is 12.4 Å². The fourth-order valence-electron chi connectivity index (χ4n) is 5.45. The number of ether oxygens (including phenoxy) is 1. The molecule has 40 heavy (non-hydrogen) atoms. The van der Waals surface area contributed by atoms with E-state index in [1.165, 1.54) is 25.0 Å². The lowest BCUT2D eigenvalue weighted by atomic mass is 10.0. The number of hydrogen-bond donors (Lipinski definition) is 2. The Morgan fingerprint density at radius 3 is 2.77 bits per heavy atom. The van der Waals surface area contributed by atoms with E-state index in [2.05, 4.69) is 30.0 Å². The van der Waals surface area contributed by atoms with Crippen LogP contribution in [0.5, 0.6) is 5.75 Å². The van der Waals surface area contributed by atoms with Crippen molar-refractivity contribution >= 4 is 21.9 Å². The standard InChI is InChI=1S/C31H28FN7O/c1-19-7-8-33-17-25(19)27-16-24-28(18-34-27)37-38-30(24)31-35-26-6-4-5-23(29(26)36-31)20-13-21(32)15-22(14-20)40-12-11-39-9-2-3-10-39/h4-8,13-18H,2-3,9-12H2,1H3,(H,35,36)(H,37,38). The number of likely N-dealkylation sites (tertiary alicyclic amines) is 1. The maximum atomic E-state index is 14.7. The van der Waals surface area contributed by atoms with Crippen LogP contribution in [0.1, 0.15) is 18.4 Å². The number of pyridine rings is 2. The van der Waals surface area contributed by atoms with Gasteiger partial charge in [0.25, 0.3) is 0 Å². The molecule has 1 saturated heterocycles. The summed E-state index contributed by atoms with van der Waals surface area (Å²) >= 11 is 0. The third-order valence-corrected chi connectivity index (χ3v) is 7.56. The van der Waals surface area contributed by atoms with Crippen LogP contribution in [0.2, 0.25) is 0 Å². The van der Waals surface area contributed by atoms with Crippen molar-refractivity contribution < 1.29 is 9.13 Å². The second-order valence-electron chi connectivity index (χ2n) is 10.2. The van der Waals surface area contributed by atoms with Gasteiger partial charge in [0.05, 0.1) is 28.4 Å². The number of para-hydroxylation sites is 1. The molecule has 2 aromatic carbocycles. The first-order valence-electron chi connectivity index (χ1n) is 13.5. The van der Waals surface area contributed by atoms with Crippen LogP contribution in [0.15, 0.2) is 67.1 Å². The average Bonchev–Trinajstić information content (AvgIpc) is 3.72. The topological polar surface area (TPSA) is 95.6 Å². The predicted octanol–water partition coefficient (Wildman–Crippen LogP) is 6.15. The summed E-state index contributed by atoms with van der Waals surface area (Å²) < 4.78 is 20.7. The van der Waals surface area contributed by atoms with Gasteiger partial charge in [-0.3, -0.25) is 20.0 Å². The normalized spacial score (nSPS) is 13.9. The minimum atomic E-state index is -0.342. The zero-order valence-corrected chi connectivity index (χ0v) is 22.1. The summed E-state index contributed by atoms with van der Waals surface area (Å²) in [5.74, 6) is 0.795. The van der Waals surface area contributed by atoms with E-state index in [0.29, 0.717) is 29.4 Å². The molecule has 0 saturated carbocycles. The summed E-state index contributed by atoms with van der Waals surface area (Å²) in [4.78, 5) is 19.6. The molecule has 0 aliphatic carbocycles. The summed E-state index contributed by atoms with van der Waals surface area (Å²) in [7, 11) is 0. The smallest absolute Gasteiger partial charge is 0.159 e. The first kappa shape index (κ1) is 24.4. The van der Waals surface area contributed by atoms with E-state index in [-0.39, 0.29) is 5.82 Å². The maximum Gasteiger partial charge on any atom is 0.159 e. The maximum absolute atomic E-state index is 14.7. The largest absolute Gasteiger partial charge is 0.492 e. The molecule has 1 aliphatic heterocycles. The second kappa shape index (κ2) is 10.2. The Labute approximate surface area is 230 Å². The Hall–Kier alpha value is -4.63. The van der Waals surface area contributed by atoms with Crippen molar-refractivity contribution in [3.05, 3.63) is 78.5 Å². The molecule has 2 N–H and O–H groups in total. The summed E-state index contributed by atoms with van der Waals surface area (Å²) in [6.07, 6.45) is 7.83. The van der Waals surface area contributed by atoms with Gasteiger partial charge in [-0.15, -0.1) is 0 Å². The number of halogens is 1. The van der Waals surface area contributed by atoms with Crippen molar-refractivity contribution in [3.63, 3.8) is 0 Å². The van der Waals surface area contributed by atoms with E-state index in [4.69, 9.17) is 9.72 Å². The van der Waals surface area contributed by atoms with Gasteiger partial charge in [-0.2, -0.15) is 5.10 Å². The van der Waals surface area contributed by atoms with Gasteiger partial charge >= 0.3 is 0 Å². The molecule has 0 radical (unpaired) electrons. The lowest BCUT2D eigenvalue weighted by molar-refractivity contribution is 0.237. The third kappa shape index (κ3) is 4.58. The van der Waals surface area contributed by atoms with Crippen molar-refractivity contribution in [2.75, 3.05) is 26.2 Å². The van der Waals surface area contributed by atoms with Gasteiger partial charge < -0.3 is 9.72 Å². The van der Waals surface area contributed by atoms with E-state index >= 15 is 0 Å². The Bertz CT molecular complexity index is 1840. The number of imidazole rings is 1. The second-order valence-corrected chi connectivity index (χ2v) is 10.2. The van der Waals surface area contributed by atoms with Crippen molar-refractivity contribution in [3.8, 4) is 39.7 Å². The number of hydrogen-bond acceptors (Lipinski definition) is 6. The van der Waals surface area contributed by atoms with Crippen LogP contribution in [0.25, 0.3) is 55.8 Å². The molecule has 0 atom stereocenters. The molecule has 9 heteroatoms. The number of aryl methyl sites for hydroxylation is 1. The zero-order chi connectivity index (χ0) is 27.1. The van der Waals surface area contributed by atoms with Crippen LogP contribution in [0.3, 0.4) is 0 Å². The summed E-state index contributed by atoms with van der Waals surface area (Å²) in [5.41, 5.74) is 7.47. The summed E-state index contributed by atoms with van der Waals surface area (Å²) in [6, 6.07) is 14.7. The number of H-pyrrole nitrogens is 2. The molecule has 0 amide bonds. The molecule has 1 fully saturated rings. The molecule has 7 rings (SSSR count). The molecule has 0 bridgehead atoms. The summed E-state index contributed by atoms with van der Waals surface area (Å²) in [5, 5.41) is 8.52. The van der Waals surface area contributed by atoms with Crippen LogP contribution in [0.4, 0.5) is 4.39 Å². The minimum absolute atomic E-state index is 0.342. The lowest BCUT2D eigenvalue weighted by Crippen LogP contribution is -2.25. The SMILES string of the molecule is Cc1ccncc1-c1cc2c(-c3nc4c(-c5cc(F)cc(OCCN6CCCC6)c5)cccc4[nH]3)n[nH]c2cn1. The molecule has 0 spiro atoms. The predicted molar refractivity (Wildman–Crippen MR) is 154 cm³/mol. The van der Waals surface area contributed by atoms with Crippen molar-refractivity contribution in [2.24, 2.45) is 0 Å². The highest BCUT2D eigenvalue weighted by atomic mass is 19.1. The number of aromatic nitrogens is 6. The molecule has 0 unspecified atom stereocenters. The average molecular weight is 534 g/mol. The van der Waals surface area contributed by atoms with Crippen molar-refractivity contribution in [1.29, 1.82) is 0 Å². The lowest BCUT2D eigenvalue weighted by Gasteiger charge is -2.15. The first-order chi connectivity index (χ1) is 19.6. The number of fused-ring (bicyclic) bond motifs is 2. The monoisotopic (exact) mass is 533 g/mol. The van der Waals surface area contributed by atoms with E-state index < -0.39 is 0 Å². The molecule has 8 nitrogen and oxygen atoms in total. The Balaban J connectivity index is 1.24. The van der Waals surface area contributed by atoms with Crippen LogP contribution < -0.4 is 4.74 Å². The number of aromatic amines is 2. The third-order valence-electron chi connectivity index (χ3n) is 7.56. The number of rotatable bonds is 7. The van der Waals surface area contributed by atoms with Gasteiger partial charge in [0, 0.05) is 41.5 Å². The Morgan fingerprint density at radius 2 is 1.90 bits per heavy atom. The molecule has 5 heterocycles. The fourth-order valence-corrected chi connectivity index (χ4v) is 5.45. The van der Waals surface area contributed by atoms with Crippen molar-refractivity contribution in [1.82, 2.24) is 35.0 Å². The highest BCUT2D eigenvalue weighted by Crippen LogP contribution is 2.34. The fraction of sp³-hybridized carbons (Fsp3) is 0.226. The Morgan fingerprint density at radius 1 is 1.00 bits per heavy atom. The quantitative estimate of drug-likeness (QED) is 0.256. The number of nitrogens with one attached hydrogen (secondary N) is 2. The first-order valence-corrected chi connectivity index (χ1v) is 13.5. The van der Waals surface area contributed by atoms with E-state index in [0.717, 1.165) is 64.0 Å². The van der Waals surface area contributed by atoms with Gasteiger partial charge in [0.15, 0.2) is 5.82 Å². The van der Waals surface area contributed by atoms with Gasteiger partial charge in [-0.05, 0) is 74.3 Å². The zero-order valence-electron chi connectivity index (χ0n) is 22.1. The van der Waals surface area contributed by atoms with Gasteiger partial charge in [0.1, 0.15) is 23.9 Å². The van der Waals surface area contributed by atoms with E-state index in [9.17, 15) is 4.39 Å². The van der Waals surface area contributed by atoms with Crippen LogP contribution in [-0.4, -0.2) is 61.3 Å². The Kier molecular flexibility index (Phi) is 6.20. The van der Waals surface area contributed by atoms with Crippen LogP contribution in [0, 0.1) is 12.7 Å². The van der Waals surface area contributed by atoms with Crippen LogP contribution in [-0.2, 0) is 0 Å². The highest BCUT2D eigenvalue weighted by Gasteiger charge is 2.18. The molecule has 200 valence electrons. The molecular weight excluding hydrogens is 505 g/mol. The summed E-state index contributed by atoms with van der Waals surface area (Å²) in [6.45, 7) is 5.62. The molecular formula is C31H28FN7O. The van der Waals surface area contributed by atoms with Gasteiger partial charge in [-0.25, -0.2) is 9.37 Å². The number of nitrogens with zero attached hydrogens (tertiary/aromatic N) is 5. The number of benzene rings is 2. The van der Waals surface area contributed by atoms with Gasteiger partial charge in [-0.1, -0.05) is 12.1 Å². The molecule has 6 aromatic rings. The van der Waals surface area contributed by atoms with Crippen LogP contribution >= 0.6 is 0 Å². The van der Waals surface area contributed by atoms with Gasteiger partial charge in [0.2, 0.25) is 0 Å². The van der Waals surface area contributed by atoms with Crippen molar-refractivity contribution in [2.45, 2.75) is 19.8 Å². The molecule has 4 aromatic heterocycles. The minimum Gasteiger partial charge on any atom is -0.492 e.